The first-order chi connectivity index (χ1) is 10.7. The van der Waals surface area contributed by atoms with Gasteiger partial charge in [0.25, 0.3) is 0 Å². The van der Waals surface area contributed by atoms with E-state index in [1.165, 1.54) is 5.56 Å². The number of furan rings is 1. The molecular formula is C19H17NO2. The van der Waals surface area contributed by atoms with Crippen LogP contribution < -0.4 is 4.74 Å². The van der Waals surface area contributed by atoms with Crippen LogP contribution in [-0.4, -0.2) is 13.3 Å². The van der Waals surface area contributed by atoms with Crippen molar-refractivity contribution in [2.75, 3.05) is 7.11 Å². The summed E-state index contributed by atoms with van der Waals surface area (Å²) in [4.78, 5) is 4.41. The Morgan fingerprint density at radius 1 is 0.909 bits per heavy atom. The van der Waals surface area contributed by atoms with Gasteiger partial charge >= 0.3 is 0 Å². The summed E-state index contributed by atoms with van der Waals surface area (Å²) in [5, 5.41) is 0. The van der Waals surface area contributed by atoms with Crippen molar-refractivity contribution in [1.82, 2.24) is 0 Å². The first kappa shape index (κ1) is 14.1. The molecule has 22 heavy (non-hydrogen) atoms. The molecule has 0 N–H and O–H groups in total. The molecule has 1 aromatic heterocycles. The lowest BCUT2D eigenvalue weighted by molar-refractivity contribution is 0.415. The Morgan fingerprint density at radius 2 is 1.64 bits per heavy atom. The molecule has 3 rings (SSSR count). The van der Waals surface area contributed by atoms with E-state index in [4.69, 9.17) is 9.15 Å². The van der Waals surface area contributed by atoms with Gasteiger partial charge in [0.05, 0.1) is 19.0 Å². The van der Waals surface area contributed by atoms with E-state index in [-0.39, 0.29) is 0 Å². The number of benzene rings is 2. The standard InChI is InChI=1S/C19H17NO2/c1-14-3-7-16(8-4-14)20-13-18-11-12-19(22-18)15-5-9-17(21-2)10-6-15/h3-13H,1-2H3. The normalized spacial score (nSPS) is 11.0. The van der Waals surface area contributed by atoms with Crippen LogP contribution in [0.1, 0.15) is 11.3 Å². The van der Waals surface area contributed by atoms with Gasteiger partial charge in [0.15, 0.2) is 0 Å². The smallest absolute Gasteiger partial charge is 0.145 e. The third kappa shape index (κ3) is 3.26. The fourth-order valence-corrected chi connectivity index (χ4v) is 2.10. The number of nitrogens with zero attached hydrogens (tertiary/aromatic N) is 1. The molecular weight excluding hydrogens is 274 g/mol. The molecule has 1 heterocycles. The van der Waals surface area contributed by atoms with Crippen LogP contribution >= 0.6 is 0 Å². The van der Waals surface area contributed by atoms with Gasteiger partial charge in [0.2, 0.25) is 0 Å². The van der Waals surface area contributed by atoms with Crippen molar-refractivity contribution in [3.05, 3.63) is 72.0 Å². The Kier molecular flexibility index (Phi) is 4.05. The van der Waals surface area contributed by atoms with Crippen molar-refractivity contribution < 1.29 is 9.15 Å². The van der Waals surface area contributed by atoms with Crippen LogP contribution in [0, 0.1) is 6.92 Å². The fraction of sp³-hybridized carbons (Fsp3) is 0.105. The number of aryl methyl sites for hydroxylation is 1. The second-order valence-electron chi connectivity index (χ2n) is 5.02. The molecule has 2 aromatic carbocycles. The van der Waals surface area contributed by atoms with Crippen LogP contribution in [0.2, 0.25) is 0 Å². The van der Waals surface area contributed by atoms with Crippen LogP contribution in [-0.2, 0) is 0 Å². The van der Waals surface area contributed by atoms with Gasteiger partial charge in [0.1, 0.15) is 17.3 Å². The predicted octanol–water partition coefficient (Wildman–Crippen LogP) is 5.01. The number of ether oxygens (including phenoxy) is 1. The first-order valence-electron chi connectivity index (χ1n) is 7.09. The zero-order valence-electron chi connectivity index (χ0n) is 12.6. The number of rotatable bonds is 4. The molecule has 3 aromatic rings. The number of methoxy groups -OCH3 is 1. The summed E-state index contributed by atoms with van der Waals surface area (Å²) in [5.41, 5.74) is 3.14. The van der Waals surface area contributed by atoms with Gasteiger partial charge in [-0.05, 0) is 55.5 Å². The molecule has 3 heteroatoms. The highest BCUT2D eigenvalue weighted by Gasteiger charge is 2.03. The Morgan fingerprint density at radius 3 is 2.32 bits per heavy atom. The molecule has 0 saturated carbocycles. The van der Waals surface area contributed by atoms with Crippen molar-refractivity contribution in [2.24, 2.45) is 4.99 Å². The maximum absolute atomic E-state index is 5.80. The summed E-state index contributed by atoms with van der Waals surface area (Å²) in [6.45, 7) is 2.06. The SMILES string of the molecule is COc1ccc(-c2ccc(C=Nc3ccc(C)cc3)o2)cc1. The van der Waals surface area contributed by atoms with Crippen LogP contribution in [0.15, 0.2) is 70.1 Å². The molecule has 0 spiro atoms. The van der Waals surface area contributed by atoms with E-state index in [2.05, 4.69) is 11.9 Å². The molecule has 110 valence electrons. The molecule has 0 radical (unpaired) electrons. The van der Waals surface area contributed by atoms with Crippen molar-refractivity contribution in [1.29, 1.82) is 0 Å². The average molecular weight is 291 g/mol. The van der Waals surface area contributed by atoms with Gasteiger partial charge < -0.3 is 9.15 Å². The quantitative estimate of drug-likeness (QED) is 0.633. The van der Waals surface area contributed by atoms with Gasteiger partial charge in [-0.15, -0.1) is 0 Å². The molecule has 0 aliphatic heterocycles. The molecule has 0 fully saturated rings. The van der Waals surface area contributed by atoms with E-state index in [9.17, 15) is 0 Å². The second kappa shape index (κ2) is 6.31. The minimum atomic E-state index is 0.728. The summed E-state index contributed by atoms with van der Waals surface area (Å²) in [6.07, 6.45) is 1.73. The largest absolute Gasteiger partial charge is 0.497 e. The van der Waals surface area contributed by atoms with Crippen LogP contribution in [0.4, 0.5) is 5.69 Å². The lowest BCUT2D eigenvalue weighted by Gasteiger charge is -2.00. The number of hydrogen-bond donors (Lipinski definition) is 0. The monoisotopic (exact) mass is 291 g/mol. The lowest BCUT2D eigenvalue weighted by atomic mass is 10.2. The van der Waals surface area contributed by atoms with E-state index in [0.29, 0.717) is 0 Å². The lowest BCUT2D eigenvalue weighted by Crippen LogP contribution is -1.81. The Hall–Kier alpha value is -2.81. The van der Waals surface area contributed by atoms with E-state index in [0.717, 1.165) is 28.5 Å². The van der Waals surface area contributed by atoms with Gasteiger partial charge in [0, 0.05) is 5.56 Å². The van der Waals surface area contributed by atoms with Crippen molar-refractivity contribution in [3.63, 3.8) is 0 Å². The third-order valence-corrected chi connectivity index (χ3v) is 3.38. The molecule has 0 amide bonds. The highest BCUT2D eigenvalue weighted by atomic mass is 16.5. The van der Waals surface area contributed by atoms with E-state index in [1.54, 1.807) is 13.3 Å². The van der Waals surface area contributed by atoms with Gasteiger partial charge in [-0.2, -0.15) is 0 Å². The predicted molar refractivity (Wildman–Crippen MR) is 89.1 cm³/mol. The molecule has 0 saturated heterocycles. The van der Waals surface area contributed by atoms with Crippen LogP contribution in [0.3, 0.4) is 0 Å². The number of aliphatic imine (C=N–C) groups is 1. The summed E-state index contributed by atoms with van der Waals surface area (Å²) < 4.78 is 11.0. The molecule has 3 nitrogen and oxygen atoms in total. The highest BCUT2D eigenvalue weighted by molar-refractivity contribution is 5.79. The van der Waals surface area contributed by atoms with Gasteiger partial charge in [-0.3, -0.25) is 4.99 Å². The molecule has 0 atom stereocenters. The van der Waals surface area contributed by atoms with Crippen LogP contribution in [0.5, 0.6) is 5.75 Å². The molecule has 0 aliphatic rings. The second-order valence-corrected chi connectivity index (χ2v) is 5.02. The van der Waals surface area contributed by atoms with Crippen molar-refractivity contribution >= 4 is 11.9 Å². The maximum Gasteiger partial charge on any atom is 0.145 e. The van der Waals surface area contributed by atoms with Crippen LogP contribution in [0.25, 0.3) is 11.3 Å². The van der Waals surface area contributed by atoms with Gasteiger partial charge in [-0.25, -0.2) is 0 Å². The number of hydrogen-bond acceptors (Lipinski definition) is 3. The third-order valence-electron chi connectivity index (χ3n) is 3.38. The zero-order chi connectivity index (χ0) is 15.4. The molecule has 0 unspecified atom stereocenters. The Labute approximate surface area is 129 Å². The van der Waals surface area contributed by atoms with Crippen molar-refractivity contribution in [2.45, 2.75) is 6.92 Å². The van der Waals surface area contributed by atoms with Gasteiger partial charge in [-0.1, -0.05) is 17.7 Å². The fourth-order valence-electron chi connectivity index (χ4n) is 2.10. The highest BCUT2D eigenvalue weighted by Crippen LogP contribution is 2.24. The van der Waals surface area contributed by atoms with E-state index in [1.807, 2.05) is 60.7 Å². The minimum Gasteiger partial charge on any atom is -0.497 e. The van der Waals surface area contributed by atoms with E-state index < -0.39 is 0 Å². The Balaban J connectivity index is 1.76. The molecule has 0 aliphatic carbocycles. The maximum atomic E-state index is 5.80. The summed E-state index contributed by atoms with van der Waals surface area (Å²) >= 11 is 0. The average Bonchev–Trinajstić information content (AvgIpc) is 3.03. The summed E-state index contributed by atoms with van der Waals surface area (Å²) in [6, 6.07) is 19.7. The molecule has 0 bridgehead atoms. The zero-order valence-corrected chi connectivity index (χ0v) is 12.6. The summed E-state index contributed by atoms with van der Waals surface area (Å²) in [7, 11) is 1.65. The minimum absolute atomic E-state index is 0.728. The first-order valence-corrected chi connectivity index (χ1v) is 7.09. The Bertz CT molecular complexity index is 768. The topological polar surface area (TPSA) is 34.7 Å². The van der Waals surface area contributed by atoms with Crippen molar-refractivity contribution in [3.8, 4) is 17.1 Å². The van der Waals surface area contributed by atoms with E-state index >= 15 is 0 Å². The summed E-state index contributed by atoms with van der Waals surface area (Å²) in [5.74, 6) is 2.37.